The summed E-state index contributed by atoms with van der Waals surface area (Å²) in [6.45, 7) is -3.92. The summed E-state index contributed by atoms with van der Waals surface area (Å²) in [5, 5.41) is 1.97. The van der Waals surface area contributed by atoms with Gasteiger partial charge < -0.3 is 14.2 Å². The normalized spacial score (nSPS) is 10.2. The Hall–Kier alpha value is -2.55. The first-order chi connectivity index (χ1) is 10.4. The molecule has 0 atom stereocenters. The average molecular weight is 317 g/mol. The summed E-state index contributed by atoms with van der Waals surface area (Å²) in [4.78, 5) is 34.0. The molecule has 22 heavy (non-hydrogen) atoms. The Labute approximate surface area is 124 Å². The lowest BCUT2D eigenvalue weighted by molar-refractivity contribution is -0.151. The zero-order valence-corrected chi connectivity index (χ0v) is 11.5. The molecule has 0 unspecified atom stereocenters. The molecule has 0 aromatic heterocycles. The number of ether oxygens (including phenoxy) is 3. The number of carbonyl (C=O) groups is 3. The van der Waals surface area contributed by atoms with Crippen LogP contribution in [0.1, 0.15) is 10.4 Å². The molecule has 1 N–H and O–H groups in total. The van der Waals surface area contributed by atoms with Gasteiger partial charge in [0.05, 0.1) is 0 Å². The van der Waals surface area contributed by atoms with Crippen LogP contribution in [0.5, 0.6) is 5.75 Å². The Kier molecular flexibility index (Phi) is 6.90. The van der Waals surface area contributed by atoms with E-state index in [2.05, 4.69) is 14.2 Å². The van der Waals surface area contributed by atoms with E-state index in [0.717, 1.165) is 12.1 Å². The van der Waals surface area contributed by atoms with Gasteiger partial charge >= 0.3 is 12.6 Å². The Balaban J connectivity index is 2.47. The van der Waals surface area contributed by atoms with Crippen molar-refractivity contribution in [3.8, 4) is 5.75 Å². The van der Waals surface area contributed by atoms with Gasteiger partial charge in [-0.05, 0) is 24.3 Å². The summed E-state index contributed by atoms with van der Waals surface area (Å²) in [7, 11) is 1.28. The summed E-state index contributed by atoms with van der Waals surface area (Å²) in [6, 6.07) is 4.73. The van der Waals surface area contributed by atoms with Crippen LogP contribution < -0.4 is 10.1 Å². The summed E-state index contributed by atoms with van der Waals surface area (Å²) < 4.78 is 37.0. The highest BCUT2D eigenvalue weighted by molar-refractivity contribution is 6.05. The fourth-order valence-electron chi connectivity index (χ4n) is 1.33. The number of carbonyl (C=O) groups excluding carboxylic acids is 3. The minimum atomic E-state index is -2.97. The van der Waals surface area contributed by atoms with Crippen LogP contribution in [0.15, 0.2) is 24.3 Å². The molecule has 0 fully saturated rings. The van der Waals surface area contributed by atoms with E-state index >= 15 is 0 Å². The SMILES string of the molecule is COCC(=O)OCC(=O)NC(=O)c1ccc(OC(F)F)cc1. The number of amides is 2. The Morgan fingerprint density at radius 2 is 1.77 bits per heavy atom. The van der Waals surface area contributed by atoms with Gasteiger partial charge in [-0.25, -0.2) is 4.79 Å². The lowest BCUT2D eigenvalue weighted by Crippen LogP contribution is -2.34. The predicted molar refractivity (Wildman–Crippen MR) is 68.4 cm³/mol. The fourth-order valence-corrected chi connectivity index (χ4v) is 1.33. The van der Waals surface area contributed by atoms with Gasteiger partial charge in [0.15, 0.2) is 6.61 Å². The van der Waals surface area contributed by atoms with Crippen LogP contribution in [0.4, 0.5) is 8.78 Å². The van der Waals surface area contributed by atoms with Crippen molar-refractivity contribution in [2.24, 2.45) is 0 Å². The molecule has 0 aliphatic heterocycles. The topological polar surface area (TPSA) is 90.9 Å². The number of hydrogen-bond donors (Lipinski definition) is 1. The number of halogens is 2. The van der Waals surface area contributed by atoms with Crippen LogP contribution in [0.3, 0.4) is 0 Å². The molecule has 7 nitrogen and oxygen atoms in total. The molecular formula is C13H13F2NO6. The summed E-state index contributed by atoms with van der Waals surface area (Å²) in [5.41, 5.74) is 0.0539. The third kappa shape index (κ3) is 6.27. The Morgan fingerprint density at radius 3 is 2.32 bits per heavy atom. The van der Waals surface area contributed by atoms with Crippen molar-refractivity contribution in [3.63, 3.8) is 0 Å². The number of nitrogens with one attached hydrogen (secondary N) is 1. The largest absolute Gasteiger partial charge is 0.454 e. The average Bonchev–Trinajstić information content (AvgIpc) is 2.45. The third-order valence-electron chi connectivity index (χ3n) is 2.22. The molecule has 0 aliphatic rings. The molecule has 1 aromatic carbocycles. The van der Waals surface area contributed by atoms with Crippen molar-refractivity contribution >= 4 is 17.8 Å². The quantitative estimate of drug-likeness (QED) is 0.746. The first-order valence-corrected chi connectivity index (χ1v) is 5.96. The van der Waals surface area contributed by atoms with Gasteiger partial charge in [-0.1, -0.05) is 0 Å². The van der Waals surface area contributed by atoms with Crippen molar-refractivity contribution in [2.45, 2.75) is 6.61 Å². The molecule has 0 saturated heterocycles. The van der Waals surface area contributed by atoms with E-state index in [-0.39, 0.29) is 17.9 Å². The van der Waals surface area contributed by atoms with Gasteiger partial charge in [-0.3, -0.25) is 14.9 Å². The standard InChI is InChI=1S/C13H13F2NO6/c1-20-7-11(18)21-6-10(17)16-12(19)8-2-4-9(5-3-8)22-13(14)15/h2-5,13H,6-7H2,1H3,(H,16,17,19). The zero-order chi connectivity index (χ0) is 16.5. The van der Waals surface area contributed by atoms with Crippen LogP contribution in [-0.2, 0) is 19.1 Å². The second kappa shape index (κ2) is 8.67. The number of alkyl halides is 2. The molecule has 1 aromatic rings. The highest BCUT2D eigenvalue weighted by atomic mass is 19.3. The van der Waals surface area contributed by atoms with E-state index in [1.807, 2.05) is 5.32 Å². The van der Waals surface area contributed by atoms with Gasteiger partial charge in [-0.15, -0.1) is 0 Å². The molecule has 0 saturated carbocycles. The maximum Gasteiger partial charge on any atom is 0.387 e. The van der Waals surface area contributed by atoms with E-state index in [1.165, 1.54) is 19.2 Å². The molecule has 9 heteroatoms. The van der Waals surface area contributed by atoms with Gasteiger partial charge in [0.2, 0.25) is 0 Å². The van der Waals surface area contributed by atoms with Crippen molar-refractivity contribution in [2.75, 3.05) is 20.3 Å². The van der Waals surface area contributed by atoms with Crippen LogP contribution in [0.25, 0.3) is 0 Å². The third-order valence-corrected chi connectivity index (χ3v) is 2.22. The van der Waals surface area contributed by atoms with Gasteiger partial charge in [0, 0.05) is 12.7 Å². The first kappa shape index (κ1) is 17.5. The lowest BCUT2D eigenvalue weighted by Gasteiger charge is -2.07. The summed E-state index contributed by atoms with van der Waals surface area (Å²) in [5.74, 6) is -2.47. The molecular weight excluding hydrogens is 304 g/mol. The minimum Gasteiger partial charge on any atom is -0.454 e. The molecule has 0 spiro atoms. The molecule has 0 heterocycles. The van der Waals surface area contributed by atoms with E-state index in [0.29, 0.717) is 0 Å². The highest BCUT2D eigenvalue weighted by Gasteiger charge is 2.13. The number of benzene rings is 1. The first-order valence-electron chi connectivity index (χ1n) is 5.96. The van der Waals surface area contributed by atoms with Crippen LogP contribution in [0, 0.1) is 0 Å². The van der Waals surface area contributed by atoms with Crippen molar-refractivity contribution in [3.05, 3.63) is 29.8 Å². The van der Waals surface area contributed by atoms with E-state index in [9.17, 15) is 23.2 Å². The van der Waals surface area contributed by atoms with Crippen LogP contribution in [-0.4, -0.2) is 44.7 Å². The zero-order valence-electron chi connectivity index (χ0n) is 11.5. The van der Waals surface area contributed by atoms with Gasteiger partial charge in [0.1, 0.15) is 12.4 Å². The predicted octanol–water partition coefficient (Wildman–Crippen LogP) is 0.734. The van der Waals surface area contributed by atoms with Crippen molar-refractivity contribution < 1.29 is 37.4 Å². The second-order valence-electron chi connectivity index (χ2n) is 3.87. The maximum absolute atomic E-state index is 12.0. The monoisotopic (exact) mass is 317 g/mol. The van der Waals surface area contributed by atoms with E-state index in [4.69, 9.17) is 0 Å². The minimum absolute atomic E-state index is 0.0539. The molecule has 0 aliphatic carbocycles. The Bertz CT molecular complexity index is 532. The molecule has 0 radical (unpaired) electrons. The summed E-state index contributed by atoms with van der Waals surface area (Å²) in [6.07, 6.45) is 0. The Morgan fingerprint density at radius 1 is 1.14 bits per heavy atom. The van der Waals surface area contributed by atoms with E-state index < -0.39 is 31.0 Å². The van der Waals surface area contributed by atoms with Crippen molar-refractivity contribution in [1.82, 2.24) is 5.32 Å². The van der Waals surface area contributed by atoms with E-state index in [1.54, 1.807) is 0 Å². The second-order valence-corrected chi connectivity index (χ2v) is 3.87. The number of methoxy groups -OCH3 is 1. The number of hydrogen-bond acceptors (Lipinski definition) is 6. The smallest absolute Gasteiger partial charge is 0.387 e. The number of imide groups is 1. The van der Waals surface area contributed by atoms with Crippen LogP contribution in [0.2, 0.25) is 0 Å². The fraction of sp³-hybridized carbons (Fsp3) is 0.308. The lowest BCUT2D eigenvalue weighted by atomic mass is 10.2. The summed E-state index contributed by atoms with van der Waals surface area (Å²) >= 11 is 0. The number of rotatable bonds is 7. The number of esters is 1. The molecule has 120 valence electrons. The van der Waals surface area contributed by atoms with Gasteiger partial charge in [0.25, 0.3) is 11.8 Å². The molecule has 0 bridgehead atoms. The van der Waals surface area contributed by atoms with Gasteiger partial charge in [-0.2, -0.15) is 8.78 Å². The molecule has 1 rings (SSSR count). The van der Waals surface area contributed by atoms with Crippen LogP contribution >= 0.6 is 0 Å². The van der Waals surface area contributed by atoms with Crippen molar-refractivity contribution in [1.29, 1.82) is 0 Å². The maximum atomic E-state index is 12.0. The highest BCUT2D eigenvalue weighted by Crippen LogP contribution is 2.14. The molecule has 2 amide bonds.